The summed E-state index contributed by atoms with van der Waals surface area (Å²) < 4.78 is 12.1. The van der Waals surface area contributed by atoms with E-state index in [9.17, 15) is 4.79 Å². The first-order valence-corrected chi connectivity index (χ1v) is 9.34. The van der Waals surface area contributed by atoms with Crippen LogP contribution in [0.25, 0.3) is 5.65 Å². The van der Waals surface area contributed by atoms with Gasteiger partial charge in [-0.25, -0.2) is 4.98 Å². The van der Waals surface area contributed by atoms with E-state index in [2.05, 4.69) is 20.7 Å². The monoisotopic (exact) mass is 449 g/mol. The Morgan fingerprint density at radius 3 is 2.29 bits per heavy atom. The lowest BCUT2D eigenvalue weighted by molar-refractivity contribution is 0.100. The van der Waals surface area contributed by atoms with Crippen LogP contribution in [0.3, 0.4) is 0 Å². The highest BCUT2D eigenvalue weighted by Crippen LogP contribution is 2.30. The standard InChI is InChI=1S/C20H27N7O3.ClH/c1-11-6-15(23-10-20(2,3)22)27-19(24-11)16(17(21)28)18(26-27)25-12-7-13(29-4)9-14(8-12)30-5;/h6-9,23H,10,22H2,1-5H3,(H2,21,28)(H,25,26);1H. The predicted octanol–water partition coefficient (Wildman–Crippen LogP) is 2.47. The molecule has 0 aliphatic rings. The van der Waals surface area contributed by atoms with Gasteiger partial charge in [0.15, 0.2) is 11.5 Å². The third kappa shape index (κ3) is 5.47. The molecule has 1 amide bonds. The van der Waals surface area contributed by atoms with E-state index in [1.54, 1.807) is 36.9 Å². The van der Waals surface area contributed by atoms with Gasteiger partial charge >= 0.3 is 0 Å². The number of aryl methyl sites for hydroxylation is 1. The third-order valence-corrected chi connectivity index (χ3v) is 4.30. The molecule has 0 spiro atoms. The van der Waals surface area contributed by atoms with E-state index < -0.39 is 11.4 Å². The Morgan fingerprint density at radius 1 is 1.16 bits per heavy atom. The number of fused-ring (bicyclic) bond motifs is 1. The van der Waals surface area contributed by atoms with E-state index in [1.165, 1.54) is 0 Å². The van der Waals surface area contributed by atoms with Crippen LogP contribution in [-0.4, -0.2) is 46.8 Å². The number of methoxy groups -OCH3 is 2. The summed E-state index contributed by atoms with van der Waals surface area (Å²) in [4.78, 5) is 16.7. The number of primary amides is 1. The summed E-state index contributed by atoms with van der Waals surface area (Å²) >= 11 is 0. The fourth-order valence-corrected chi connectivity index (χ4v) is 2.91. The normalized spacial score (nSPS) is 11.0. The average Bonchev–Trinajstić information content (AvgIpc) is 3.02. The number of halogens is 1. The SMILES string of the molecule is COc1cc(Nc2nn3c(NCC(C)(C)N)cc(C)nc3c2C(N)=O)cc(OC)c1.Cl. The van der Waals surface area contributed by atoms with Gasteiger partial charge in [0, 0.05) is 47.7 Å². The molecule has 1 aromatic carbocycles. The van der Waals surface area contributed by atoms with Crippen LogP contribution in [0.1, 0.15) is 29.9 Å². The molecule has 0 unspecified atom stereocenters. The van der Waals surface area contributed by atoms with Crippen molar-refractivity contribution in [3.8, 4) is 11.5 Å². The number of amides is 1. The number of carbonyl (C=O) groups excluding carboxylic acids is 1. The molecule has 11 heteroatoms. The minimum Gasteiger partial charge on any atom is -0.497 e. The molecule has 168 valence electrons. The van der Waals surface area contributed by atoms with Gasteiger partial charge < -0.3 is 31.6 Å². The summed E-state index contributed by atoms with van der Waals surface area (Å²) in [6, 6.07) is 7.08. The molecule has 31 heavy (non-hydrogen) atoms. The summed E-state index contributed by atoms with van der Waals surface area (Å²) in [6.45, 7) is 6.14. The molecule has 0 aliphatic carbocycles. The van der Waals surface area contributed by atoms with E-state index in [1.807, 2.05) is 26.8 Å². The Morgan fingerprint density at radius 2 is 1.77 bits per heavy atom. The van der Waals surface area contributed by atoms with Gasteiger partial charge in [-0.2, -0.15) is 4.52 Å². The Bertz CT molecular complexity index is 1070. The Labute approximate surface area is 186 Å². The zero-order chi connectivity index (χ0) is 22.1. The number of benzene rings is 1. The first kappa shape index (κ1) is 24.0. The average molecular weight is 450 g/mol. The molecular formula is C20H28ClN7O3. The molecule has 6 N–H and O–H groups in total. The highest BCUT2D eigenvalue weighted by Gasteiger charge is 2.22. The third-order valence-electron chi connectivity index (χ3n) is 4.30. The van der Waals surface area contributed by atoms with Crippen molar-refractivity contribution in [1.29, 1.82) is 0 Å². The molecule has 0 aliphatic heterocycles. The summed E-state index contributed by atoms with van der Waals surface area (Å²) in [5.74, 6) is 1.44. The molecule has 0 atom stereocenters. The lowest BCUT2D eigenvalue weighted by Crippen LogP contribution is -2.40. The molecular weight excluding hydrogens is 422 g/mol. The second-order valence-electron chi connectivity index (χ2n) is 7.67. The quantitative estimate of drug-likeness (QED) is 0.410. The van der Waals surface area contributed by atoms with Crippen LogP contribution < -0.4 is 31.6 Å². The van der Waals surface area contributed by atoms with Crippen molar-refractivity contribution < 1.29 is 14.3 Å². The molecule has 2 aromatic heterocycles. The molecule has 3 rings (SSSR count). The van der Waals surface area contributed by atoms with Gasteiger partial charge in [0.25, 0.3) is 5.91 Å². The lowest BCUT2D eigenvalue weighted by atomic mass is 10.1. The number of nitrogens with two attached hydrogens (primary N) is 2. The second-order valence-corrected chi connectivity index (χ2v) is 7.67. The maximum atomic E-state index is 12.3. The second kappa shape index (κ2) is 9.27. The number of hydrogen-bond donors (Lipinski definition) is 4. The van der Waals surface area contributed by atoms with E-state index in [-0.39, 0.29) is 23.8 Å². The minimum atomic E-state index is -0.648. The van der Waals surface area contributed by atoms with Gasteiger partial charge in [0.1, 0.15) is 22.9 Å². The maximum Gasteiger partial charge on any atom is 0.256 e. The smallest absolute Gasteiger partial charge is 0.256 e. The van der Waals surface area contributed by atoms with E-state index >= 15 is 0 Å². The molecule has 3 aromatic rings. The summed E-state index contributed by atoms with van der Waals surface area (Å²) in [7, 11) is 3.11. The molecule has 0 bridgehead atoms. The lowest BCUT2D eigenvalue weighted by Gasteiger charge is -2.20. The van der Waals surface area contributed by atoms with Crippen LogP contribution in [0.2, 0.25) is 0 Å². The number of anilines is 3. The number of aromatic nitrogens is 3. The number of hydrogen-bond acceptors (Lipinski definition) is 8. The first-order chi connectivity index (χ1) is 14.1. The zero-order valence-corrected chi connectivity index (χ0v) is 19.0. The zero-order valence-electron chi connectivity index (χ0n) is 18.1. The number of ether oxygens (including phenoxy) is 2. The van der Waals surface area contributed by atoms with Gasteiger partial charge in [0.05, 0.1) is 14.2 Å². The van der Waals surface area contributed by atoms with E-state index in [0.29, 0.717) is 40.9 Å². The van der Waals surface area contributed by atoms with Crippen molar-refractivity contribution in [1.82, 2.24) is 14.6 Å². The molecule has 0 radical (unpaired) electrons. The maximum absolute atomic E-state index is 12.3. The number of rotatable bonds is 8. The highest BCUT2D eigenvalue weighted by molar-refractivity contribution is 6.04. The Hall–Kier alpha value is -3.24. The topological polar surface area (TPSA) is 142 Å². The van der Waals surface area contributed by atoms with E-state index in [4.69, 9.17) is 20.9 Å². The van der Waals surface area contributed by atoms with Gasteiger partial charge in [-0.15, -0.1) is 17.5 Å². The molecule has 2 heterocycles. The van der Waals surface area contributed by atoms with Crippen molar-refractivity contribution in [2.75, 3.05) is 31.4 Å². The molecule has 0 saturated heterocycles. The van der Waals surface area contributed by atoms with Crippen molar-refractivity contribution in [2.24, 2.45) is 11.5 Å². The van der Waals surface area contributed by atoms with Crippen LogP contribution in [-0.2, 0) is 0 Å². The van der Waals surface area contributed by atoms with Crippen LogP contribution in [0, 0.1) is 6.92 Å². The summed E-state index contributed by atoms with van der Waals surface area (Å²) in [6.07, 6.45) is 0. The number of nitrogens with one attached hydrogen (secondary N) is 2. The Balaban J connectivity index is 0.00000341. The highest BCUT2D eigenvalue weighted by atomic mass is 35.5. The van der Waals surface area contributed by atoms with Gasteiger partial charge in [-0.05, 0) is 20.8 Å². The first-order valence-electron chi connectivity index (χ1n) is 9.34. The van der Waals surface area contributed by atoms with Crippen molar-refractivity contribution in [3.63, 3.8) is 0 Å². The molecule has 10 nitrogen and oxygen atoms in total. The summed E-state index contributed by atoms with van der Waals surface area (Å²) in [5.41, 5.74) is 13.2. The van der Waals surface area contributed by atoms with Crippen LogP contribution in [0.5, 0.6) is 11.5 Å². The minimum absolute atomic E-state index is 0. The largest absolute Gasteiger partial charge is 0.497 e. The molecule has 0 saturated carbocycles. The predicted molar refractivity (Wildman–Crippen MR) is 123 cm³/mol. The van der Waals surface area contributed by atoms with Crippen molar-refractivity contribution in [2.45, 2.75) is 26.3 Å². The number of nitrogens with zero attached hydrogens (tertiary/aromatic N) is 3. The van der Waals surface area contributed by atoms with Gasteiger partial charge in [0.2, 0.25) is 0 Å². The molecule has 0 fully saturated rings. The van der Waals surface area contributed by atoms with Crippen LogP contribution in [0.4, 0.5) is 17.3 Å². The Kier molecular flexibility index (Phi) is 7.19. The van der Waals surface area contributed by atoms with Crippen molar-refractivity contribution >= 4 is 41.3 Å². The van der Waals surface area contributed by atoms with Gasteiger partial charge in [-0.3, -0.25) is 4.79 Å². The van der Waals surface area contributed by atoms with Crippen molar-refractivity contribution in [3.05, 3.63) is 35.5 Å². The van der Waals surface area contributed by atoms with E-state index in [0.717, 1.165) is 0 Å². The van der Waals surface area contributed by atoms with Crippen LogP contribution in [0.15, 0.2) is 24.3 Å². The van der Waals surface area contributed by atoms with Crippen LogP contribution >= 0.6 is 12.4 Å². The number of carbonyl (C=O) groups is 1. The van der Waals surface area contributed by atoms with Gasteiger partial charge in [-0.1, -0.05) is 0 Å². The fourth-order valence-electron chi connectivity index (χ4n) is 2.91. The summed E-state index contributed by atoms with van der Waals surface area (Å²) in [5, 5.41) is 10.9. The fraction of sp³-hybridized carbons (Fsp3) is 0.350.